The van der Waals surface area contributed by atoms with Gasteiger partial charge in [-0.15, -0.1) is 0 Å². The topological polar surface area (TPSA) is 173 Å². The van der Waals surface area contributed by atoms with E-state index >= 15 is 0 Å². The predicted octanol–water partition coefficient (Wildman–Crippen LogP) is 8.21. The number of rotatable bonds is 14. The lowest BCUT2D eigenvalue weighted by Gasteiger charge is -2.23. The molecule has 0 fully saturated rings. The van der Waals surface area contributed by atoms with Crippen molar-refractivity contribution in [3.63, 3.8) is 0 Å². The zero-order valence-electron chi connectivity index (χ0n) is 33.7. The van der Waals surface area contributed by atoms with E-state index in [1.54, 1.807) is 24.3 Å². The average molecular weight is 847 g/mol. The highest BCUT2D eigenvalue weighted by Gasteiger charge is 2.27. The van der Waals surface area contributed by atoms with Crippen LogP contribution in [-0.2, 0) is 0 Å². The molecule has 63 heavy (non-hydrogen) atoms. The summed E-state index contributed by atoms with van der Waals surface area (Å²) in [4.78, 5) is 46.6. The van der Waals surface area contributed by atoms with Gasteiger partial charge >= 0.3 is 5.97 Å². The number of phenols is 1. The summed E-state index contributed by atoms with van der Waals surface area (Å²) in [7, 11) is 0. The first-order chi connectivity index (χ1) is 30.5. The van der Waals surface area contributed by atoms with Crippen molar-refractivity contribution < 1.29 is 43.2 Å². The second-order valence-electron chi connectivity index (χ2n) is 15.0. The van der Waals surface area contributed by atoms with Crippen molar-refractivity contribution in [1.29, 1.82) is 0 Å². The number of aromatic nitrogens is 1. The number of halogens is 2. The molecule has 1 aliphatic rings. The fourth-order valence-electron chi connectivity index (χ4n) is 7.59. The van der Waals surface area contributed by atoms with Gasteiger partial charge in [0.2, 0.25) is 0 Å². The van der Waals surface area contributed by atoms with E-state index in [0.717, 1.165) is 47.5 Å². The van der Waals surface area contributed by atoms with Crippen LogP contribution in [0.4, 0.5) is 14.5 Å². The number of carbonyl (C=O) groups excluding carboxylic acids is 2. The molecule has 2 heterocycles. The largest absolute Gasteiger partial charge is 0.505 e. The Balaban J connectivity index is 0.847. The molecule has 1 aliphatic heterocycles. The van der Waals surface area contributed by atoms with Gasteiger partial charge in [0.05, 0.1) is 22.5 Å². The highest BCUT2D eigenvalue weighted by Crippen LogP contribution is 2.40. The number of hydrogen-bond donors (Lipinski definition) is 6. The molecular weight excluding hydrogens is 807 g/mol. The fraction of sp³-hybridized carbons (Fsp3) is 0.120. The van der Waals surface area contributed by atoms with Crippen LogP contribution in [0.5, 0.6) is 23.1 Å². The molecule has 0 atom stereocenters. The molecule has 0 unspecified atom stereocenters. The first kappa shape index (κ1) is 41.7. The van der Waals surface area contributed by atoms with Gasteiger partial charge in [0, 0.05) is 68.3 Å². The minimum atomic E-state index is -1.37. The number of aliphatic imine (C=N–C) groups is 1. The molecule has 0 radical (unpaired) electrons. The number of phenolic OH excluding ortho intramolecular Hbond substituents is 1. The van der Waals surface area contributed by atoms with Crippen LogP contribution in [0, 0.1) is 11.6 Å². The average Bonchev–Trinajstić information content (AvgIpc) is 3.62. The lowest BCUT2D eigenvalue weighted by atomic mass is 9.88. The van der Waals surface area contributed by atoms with E-state index in [1.165, 1.54) is 24.3 Å². The number of aromatic carboxylic acids is 1. The molecule has 8 rings (SSSR count). The number of aromatic amines is 1. The van der Waals surface area contributed by atoms with Crippen LogP contribution >= 0.6 is 0 Å². The number of ether oxygens (including phenoxy) is 1. The number of carbonyl (C=O) groups is 3. The Kier molecular flexibility index (Phi) is 11.8. The molecule has 0 saturated carbocycles. The molecule has 6 aromatic carbocycles. The van der Waals surface area contributed by atoms with E-state index < -0.39 is 29.3 Å². The highest BCUT2D eigenvalue weighted by molar-refractivity contribution is 6.22. The Morgan fingerprint density at radius 3 is 2.06 bits per heavy atom. The van der Waals surface area contributed by atoms with Gasteiger partial charge in [-0.2, -0.15) is 0 Å². The van der Waals surface area contributed by atoms with Gasteiger partial charge in [-0.1, -0.05) is 74.0 Å². The monoisotopic (exact) mass is 846 g/mol. The van der Waals surface area contributed by atoms with Crippen LogP contribution in [0.25, 0.3) is 23.1 Å². The summed E-state index contributed by atoms with van der Waals surface area (Å²) in [6.07, 6.45) is 2.88. The summed E-state index contributed by atoms with van der Waals surface area (Å²) < 4.78 is 35.2. The maximum Gasteiger partial charge on any atom is 0.336 e. The number of fused-ring (bicyclic) bond motifs is 3. The van der Waals surface area contributed by atoms with Crippen molar-refractivity contribution >= 4 is 52.2 Å². The predicted molar refractivity (Wildman–Crippen MR) is 236 cm³/mol. The van der Waals surface area contributed by atoms with Crippen molar-refractivity contribution in [2.75, 3.05) is 13.1 Å². The van der Waals surface area contributed by atoms with Crippen LogP contribution < -0.4 is 25.8 Å². The lowest BCUT2D eigenvalue weighted by molar-refractivity contribution is 0.0696. The van der Waals surface area contributed by atoms with Crippen molar-refractivity contribution in [3.05, 3.63) is 182 Å². The fourth-order valence-corrected chi connectivity index (χ4v) is 7.59. The third kappa shape index (κ3) is 8.75. The Bertz CT molecular complexity index is 3070. The number of aromatic hydroxyl groups is 2. The van der Waals surface area contributed by atoms with E-state index in [9.17, 15) is 38.5 Å². The molecule has 0 spiro atoms. The Labute approximate surface area is 359 Å². The Hall–Kier alpha value is -8.06. The van der Waals surface area contributed by atoms with Gasteiger partial charge in [-0.25, -0.2) is 18.6 Å². The zero-order chi connectivity index (χ0) is 44.2. The summed E-state index contributed by atoms with van der Waals surface area (Å²) in [6.45, 7) is 4.42. The number of benzene rings is 6. The molecule has 11 nitrogen and oxygen atoms in total. The number of para-hydroxylation sites is 1. The maximum absolute atomic E-state index is 14.8. The van der Waals surface area contributed by atoms with E-state index in [0.29, 0.717) is 48.5 Å². The van der Waals surface area contributed by atoms with Gasteiger partial charge < -0.3 is 35.7 Å². The number of carboxylic acid groups (broad SMARTS) is 1. The minimum absolute atomic E-state index is 0.0156. The van der Waals surface area contributed by atoms with E-state index in [2.05, 4.69) is 22.2 Å². The van der Waals surface area contributed by atoms with Crippen molar-refractivity contribution in [2.24, 2.45) is 4.99 Å². The number of unbranched alkanes of at least 4 members (excludes halogenated alkanes) is 3. The molecule has 0 saturated heterocycles. The Morgan fingerprint density at radius 1 is 0.683 bits per heavy atom. The maximum atomic E-state index is 14.8. The minimum Gasteiger partial charge on any atom is -0.505 e. The van der Waals surface area contributed by atoms with E-state index in [4.69, 9.17) is 9.73 Å². The van der Waals surface area contributed by atoms with Crippen LogP contribution in [0.2, 0.25) is 0 Å². The third-order valence-electron chi connectivity index (χ3n) is 10.8. The van der Waals surface area contributed by atoms with Crippen LogP contribution in [0.15, 0.2) is 126 Å². The first-order valence-electron chi connectivity index (χ1n) is 20.2. The quantitative estimate of drug-likeness (QED) is 0.0473. The summed E-state index contributed by atoms with van der Waals surface area (Å²) in [5.74, 6) is -4.28. The summed E-state index contributed by atoms with van der Waals surface area (Å²) in [5, 5.41) is 37.9. The Morgan fingerprint density at radius 2 is 1.35 bits per heavy atom. The zero-order valence-corrected chi connectivity index (χ0v) is 33.7. The number of H-pyrrole nitrogens is 1. The molecule has 0 bridgehead atoms. The van der Waals surface area contributed by atoms with Crippen LogP contribution in [0.1, 0.15) is 79.0 Å². The van der Waals surface area contributed by atoms with Gasteiger partial charge in [0.15, 0.2) is 17.4 Å². The summed E-state index contributed by atoms with van der Waals surface area (Å²) >= 11 is 0. The molecule has 316 valence electrons. The molecule has 7 aromatic rings. The highest BCUT2D eigenvalue weighted by atomic mass is 19.1. The molecular formula is C50H40F2N4O7. The normalized spacial score (nSPS) is 12.0. The number of carboxylic acids is 1. The molecule has 13 heteroatoms. The second kappa shape index (κ2) is 17.9. The van der Waals surface area contributed by atoms with Crippen molar-refractivity contribution in [1.82, 2.24) is 15.6 Å². The molecule has 0 aliphatic carbocycles. The second-order valence-corrected chi connectivity index (χ2v) is 15.0. The number of amides is 2. The number of nitrogens with zero attached hydrogens (tertiary/aromatic N) is 1. The van der Waals surface area contributed by atoms with E-state index in [1.807, 2.05) is 54.6 Å². The van der Waals surface area contributed by atoms with Gasteiger partial charge in [0.25, 0.3) is 11.8 Å². The van der Waals surface area contributed by atoms with Gasteiger partial charge in [-0.3, -0.25) is 9.59 Å². The van der Waals surface area contributed by atoms with E-state index in [-0.39, 0.29) is 61.6 Å². The molecule has 6 N–H and O–H groups in total. The molecule has 2 amide bonds. The van der Waals surface area contributed by atoms with Crippen LogP contribution in [0.3, 0.4) is 0 Å². The standard InChI is InChI=1S/C50H40F2N4O7/c1-28-23-42-36(25-38(28)51)44(37-26-39(52)41(57)27-43(37)63-42)33-20-17-31(24-35(33)50(61)62)48(59)54-22-10-3-2-9-21-53-47(58)30-15-18-32(19-16-30)55-46(29-11-5-4-6-12-29)45-34-13-7-8-14-40(34)56-49(45)60/h4-8,11-20,23-27,56-57,60H,1-3,9-10,21-22H2,(H,53,58)(H,54,59)(H,61,62). The van der Waals surface area contributed by atoms with Gasteiger partial charge in [0.1, 0.15) is 17.3 Å². The lowest BCUT2D eigenvalue weighted by Crippen LogP contribution is -2.26. The van der Waals surface area contributed by atoms with Crippen molar-refractivity contribution in [3.8, 4) is 23.1 Å². The SMILES string of the molecule is C=c1cc2c(cc1F)=C(c1ccc(C(=O)NCCCCCCNC(=O)c3ccc(N=C(c4ccccc4)c4c(O)[nH]c5ccccc45)cc3)cc1C(=O)O)c1cc(F)c(O)cc1O2. The number of hydrogen-bond acceptors (Lipinski definition) is 7. The smallest absolute Gasteiger partial charge is 0.336 e. The van der Waals surface area contributed by atoms with Gasteiger partial charge in [-0.05, 0) is 79.1 Å². The van der Waals surface area contributed by atoms with Crippen molar-refractivity contribution in [2.45, 2.75) is 25.7 Å². The summed E-state index contributed by atoms with van der Waals surface area (Å²) in [6, 6.07) is 32.6. The molecule has 1 aromatic heterocycles. The number of nitrogens with one attached hydrogen (secondary N) is 3. The third-order valence-corrected chi connectivity index (χ3v) is 10.8. The first-order valence-corrected chi connectivity index (χ1v) is 20.2. The van der Waals surface area contributed by atoms with Crippen LogP contribution in [-0.4, -0.2) is 56.9 Å². The summed E-state index contributed by atoms with van der Waals surface area (Å²) in [5.41, 5.74) is 3.98.